The molecule has 0 amide bonds. The van der Waals surface area contributed by atoms with Gasteiger partial charge in [-0.3, -0.25) is 14.4 Å². The lowest BCUT2D eigenvalue weighted by Crippen LogP contribution is -2.38. The van der Waals surface area contributed by atoms with Crippen molar-refractivity contribution >= 4 is 23.5 Å². The molecule has 0 aliphatic carbocycles. The molecule has 0 saturated carbocycles. The molecule has 0 aliphatic rings. The Hall–Kier alpha value is -2.14. The van der Waals surface area contributed by atoms with Gasteiger partial charge in [-0.1, -0.05) is 11.6 Å². The molecule has 6 heteroatoms. The summed E-state index contributed by atoms with van der Waals surface area (Å²) in [6.45, 7) is 0. The first-order chi connectivity index (χ1) is 8.99. The molecule has 0 bridgehead atoms. The summed E-state index contributed by atoms with van der Waals surface area (Å²) in [6.07, 6.45) is 2.90. The molecule has 0 unspecified atom stereocenters. The van der Waals surface area contributed by atoms with E-state index in [9.17, 15) is 9.59 Å². The summed E-state index contributed by atoms with van der Waals surface area (Å²) in [6, 6.07) is 6.91. The zero-order chi connectivity index (χ0) is 14.0. The van der Waals surface area contributed by atoms with Gasteiger partial charge in [0.05, 0.1) is 11.3 Å². The molecule has 98 valence electrons. The van der Waals surface area contributed by atoms with E-state index in [0.29, 0.717) is 16.3 Å². The van der Waals surface area contributed by atoms with Crippen molar-refractivity contribution in [2.24, 2.45) is 19.1 Å². The maximum absolute atomic E-state index is 11.9. The van der Waals surface area contributed by atoms with Crippen LogP contribution in [0.1, 0.15) is 5.56 Å². The average molecular weight is 278 g/mol. The van der Waals surface area contributed by atoms with Crippen LogP contribution in [0.15, 0.2) is 45.0 Å². The van der Waals surface area contributed by atoms with E-state index in [1.807, 2.05) is 0 Å². The summed E-state index contributed by atoms with van der Waals surface area (Å²) in [4.78, 5) is 27.6. The van der Waals surface area contributed by atoms with Crippen molar-refractivity contribution in [3.05, 3.63) is 61.9 Å². The molecule has 0 saturated heterocycles. The minimum atomic E-state index is -0.374. The number of halogens is 1. The molecular weight excluding hydrogens is 266 g/mol. The molecule has 2 aromatic rings. The summed E-state index contributed by atoms with van der Waals surface area (Å²) in [5.41, 5.74) is 0.286. The predicted molar refractivity (Wildman–Crippen MR) is 75.6 cm³/mol. The smallest absolute Gasteiger partial charge is 0.303 e. The number of nitrogens with zero attached hydrogens (tertiary/aromatic N) is 3. The molecule has 0 atom stereocenters. The number of hydrogen-bond donors (Lipinski definition) is 0. The van der Waals surface area contributed by atoms with Gasteiger partial charge in [0.15, 0.2) is 0 Å². The highest BCUT2D eigenvalue weighted by molar-refractivity contribution is 6.30. The summed E-state index contributed by atoms with van der Waals surface area (Å²) in [7, 11) is 3.02. The lowest BCUT2D eigenvalue weighted by Gasteiger charge is -2.02. The maximum Gasteiger partial charge on any atom is 0.330 e. The molecule has 0 fully saturated rings. The highest BCUT2D eigenvalue weighted by atomic mass is 35.5. The van der Waals surface area contributed by atoms with Gasteiger partial charge in [-0.2, -0.15) is 0 Å². The molecule has 1 aromatic carbocycles. The van der Waals surface area contributed by atoms with Gasteiger partial charge in [-0.05, 0) is 24.3 Å². The molecule has 0 spiro atoms. The minimum absolute atomic E-state index is 0.347. The number of rotatable bonds is 2. The van der Waals surface area contributed by atoms with Crippen LogP contribution in [-0.4, -0.2) is 15.3 Å². The monoisotopic (exact) mass is 277 g/mol. The fourth-order valence-electron chi connectivity index (χ4n) is 1.60. The number of aliphatic imine (C=N–C) groups is 1. The fraction of sp³-hybridized carbons (Fsp3) is 0.154. The first kappa shape index (κ1) is 13.3. The van der Waals surface area contributed by atoms with Gasteiger partial charge in [0.25, 0.3) is 5.56 Å². The molecule has 0 N–H and O–H groups in total. The van der Waals surface area contributed by atoms with Crippen LogP contribution in [0.2, 0.25) is 5.02 Å². The Kier molecular flexibility index (Phi) is 3.66. The Bertz CT molecular complexity index is 742. The van der Waals surface area contributed by atoms with Crippen LogP contribution >= 0.6 is 11.6 Å². The lowest BCUT2D eigenvalue weighted by atomic mass is 10.3. The van der Waals surface area contributed by atoms with Crippen LogP contribution in [0.3, 0.4) is 0 Å². The Labute approximate surface area is 114 Å². The van der Waals surface area contributed by atoms with Crippen molar-refractivity contribution in [2.75, 3.05) is 0 Å². The van der Waals surface area contributed by atoms with Gasteiger partial charge in [-0.15, -0.1) is 0 Å². The zero-order valence-corrected chi connectivity index (χ0v) is 11.3. The van der Waals surface area contributed by atoms with E-state index >= 15 is 0 Å². The van der Waals surface area contributed by atoms with Crippen molar-refractivity contribution in [1.82, 2.24) is 9.13 Å². The lowest BCUT2D eigenvalue weighted by molar-refractivity contribution is 0.684. The SMILES string of the molecule is Cn1cc(C=Nc2ccc(Cl)cc2)c(=O)n(C)c1=O. The van der Waals surface area contributed by atoms with Crippen molar-refractivity contribution in [3.63, 3.8) is 0 Å². The second kappa shape index (κ2) is 5.24. The molecular formula is C13H12ClN3O2. The number of aromatic nitrogens is 2. The molecule has 19 heavy (non-hydrogen) atoms. The van der Waals surface area contributed by atoms with Gasteiger partial charge in [-0.25, -0.2) is 4.79 Å². The Morgan fingerprint density at radius 1 is 1.16 bits per heavy atom. The van der Waals surface area contributed by atoms with E-state index in [1.165, 1.54) is 24.0 Å². The summed E-state index contributed by atoms with van der Waals surface area (Å²) in [5.74, 6) is 0. The third-order valence-corrected chi connectivity index (χ3v) is 2.90. The van der Waals surface area contributed by atoms with Crippen LogP contribution in [-0.2, 0) is 14.1 Å². The van der Waals surface area contributed by atoms with Crippen molar-refractivity contribution in [3.8, 4) is 0 Å². The Morgan fingerprint density at radius 2 is 1.79 bits per heavy atom. The average Bonchev–Trinajstić information content (AvgIpc) is 2.41. The van der Waals surface area contributed by atoms with Gasteiger partial charge in [0, 0.05) is 31.5 Å². The second-order valence-corrected chi connectivity index (χ2v) is 4.51. The number of aryl methyl sites for hydroxylation is 1. The predicted octanol–water partition coefficient (Wildman–Crippen LogP) is 1.49. The highest BCUT2D eigenvalue weighted by Gasteiger charge is 2.04. The molecule has 1 heterocycles. The summed E-state index contributed by atoms with van der Waals surface area (Å²) in [5, 5.41) is 0.622. The largest absolute Gasteiger partial charge is 0.330 e. The molecule has 2 rings (SSSR count). The molecule has 0 aliphatic heterocycles. The third-order valence-electron chi connectivity index (χ3n) is 2.65. The minimum Gasteiger partial charge on any atom is -0.303 e. The van der Waals surface area contributed by atoms with Crippen molar-refractivity contribution in [2.45, 2.75) is 0 Å². The van der Waals surface area contributed by atoms with E-state index in [-0.39, 0.29) is 11.2 Å². The van der Waals surface area contributed by atoms with E-state index in [1.54, 1.807) is 31.3 Å². The Balaban J connectivity index is 2.42. The molecule has 5 nitrogen and oxygen atoms in total. The van der Waals surface area contributed by atoms with E-state index < -0.39 is 0 Å². The molecule has 0 radical (unpaired) electrons. The van der Waals surface area contributed by atoms with Crippen LogP contribution < -0.4 is 11.2 Å². The van der Waals surface area contributed by atoms with Crippen LogP contribution in [0.25, 0.3) is 0 Å². The highest BCUT2D eigenvalue weighted by Crippen LogP contribution is 2.15. The quantitative estimate of drug-likeness (QED) is 0.781. The van der Waals surface area contributed by atoms with Crippen LogP contribution in [0.5, 0.6) is 0 Å². The van der Waals surface area contributed by atoms with Gasteiger partial charge < -0.3 is 4.57 Å². The van der Waals surface area contributed by atoms with E-state index in [2.05, 4.69) is 4.99 Å². The first-order valence-electron chi connectivity index (χ1n) is 5.55. The van der Waals surface area contributed by atoms with Crippen molar-refractivity contribution in [1.29, 1.82) is 0 Å². The summed E-state index contributed by atoms with van der Waals surface area (Å²) >= 11 is 5.77. The van der Waals surface area contributed by atoms with Crippen molar-refractivity contribution < 1.29 is 0 Å². The van der Waals surface area contributed by atoms with Crippen LogP contribution in [0, 0.1) is 0 Å². The number of hydrogen-bond acceptors (Lipinski definition) is 3. The second-order valence-electron chi connectivity index (χ2n) is 4.08. The van der Waals surface area contributed by atoms with Crippen LogP contribution in [0.4, 0.5) is 5.69 Å². The van der Waals surface area contributed by atoms with E-state index in [4.69, 9.17) is 11.6 Å². The summed E-state index contributed by atoms with van der Waals surface area (Å²) < 4.78 is 2.38. The standard InChI is InChI=1S/C13H12ClN3O2/c1-16-8-9(12(18)17(2)13(16)19)7-15-11-5-3-10(14)4-6-11/h3-8H,1-2H3. The topological polar surface area (TPSA) is 56.4 Å². The fourth-order valence-corrected chi connectivity index (χ4v) is 1.72. The van der Waals surface area contributed by atoms with Gasteiger partial charge >= 0.3 is 5.69 Å². The first-order valence-corrected chi connectivity index (χ1v) is 5.93. The van der Waals surface area contributed by atoms with Gasteiger partial charge in [0.2, 0.25) is 0 Å². The number of benzene rings is 1. The maximum atomic E-state index is 11.9. The van der Waals surface area contributed by atoms with Gasteiger partial charge in [0.1, 0.15) is 0 Å². The molecule has 1 aromatic heterocycles. The normalized spacial score (nSPS) is 11.1. The third kappa shape index (κ3) is 2.82. The Morgan fingerprint density at radius 3 is 2.42 bits per heavy atom. The zero-order valence-electron chi connectivity index (χ0n) is 10.5. The van der Waals surface area contributed by atoms with E-state index in [0.717, 1.165) is 4.57 Å².